The van der Waals surface area contributed by atoms with Crippen molar-refractivity contribution in [3.05, 3.63) is 82.5 Å². The number of carbonyl (C=O) groups excluding carboxylic acids is 2. The van der Waals surface area contributed by atoms with Gasteiger partial charge in [0.15, 0.2) is 0 Å². The monoisotopic (exact) mass is 523 g/mol. The van der Waals surface area contributed by atoms with Crippen molar-refractivity contribution < 1.29 is 27.7 Å². The molecule has 0 fully saturated rings. The molecular weight excluding hydrogens is 502 g/mol. The molecule has 0 bridgehead atoms. The van der Waals surface area contributed by atoms with E-state index >= 15 is 0 Å². The quantitative estimate of drug-likeness (QED) is 0.199. The van der Waals surface area contributed by atoms with E-state index in [4.69, 9.17) is 4.74 Å². The van der Waals surface area contributed by atoms with E-state index in [1.54, 1.807) is 24.3 Å². The predicted octanol–water partition coefficient (Wildman–Crippen LogP) is 3.91. The highest BCUT2D eigenvalue weighted by molar-refractivity contribution is 7.90. The highest BCUT2D eigenvalue weighted by Crippen LogP contribution is 2.34. The Morgan fingerprint density at radius 2 is 1.70 bits per heavy atom. The molecule has 0 aliphatic rings. The molecular formula is C24H21N5O7S. The number of rotatable bonds is 8. The molecule has 4 rings (SSSR count). The van der Waals surface area contributed by atoms with Crippen LogP contribution in [-0.4, -0.2) is 37.2 Å². The molecule has 13 heteroatoms. The number of non-ortho nitro benzene ring substituents is 1. The van der Waals surface area contributed by atoms with Crippen LogP contribution in [0.3, 0.4) is 0 Å². The second-order valence-electron chi connectivity index (χ2n) is 7.86. The van der Waals surface area contributed by atoms with Crippen molar-refractivity contribution in [2.45, 2.75) is 11.8 Å². The van der Waals surface area contributed by atoms with Gasteiger partial charge in [0.2, 0.25) is 5.91 Å². The second kappa shape index (κ2) is 9.99. The van der Waals surface area contributed by atoms with E-state index in [0.717, 1.165) is 0 Å². The first kappa shape index (κ1) is 25.2. The Morgan fingerprint density at radius 1 is 1.00 bits per heavy atom. The van der Waals surface area contributed by atoms with Gasteiger partial charge < -0.3 is 20.4 Å². The molecule has 0 radical (unpaired) electrons. The number of nitro groups is 1. The van der Waals surface area contributed by atoms with E-state index in [9.17, 15) is 28.1 Å². The summed E-state index contributed by atoms with van der Waals surface area (Å²) in [5, 5.41) is 17.6. The average molecular weight is 524 g/mol. The first-order valence-electron chi connectivity index (χ1n) is 10.7. The fourth-order valence-electron chi connectivity index (χ4n) is 3.61. The zero-order valence-electron chi connectivity index (χ0n) is 19.6. The van der Waals surface area contributed by atoms with E-state index in [1.165, 1.54) is 56.5 Å². The number of methoxy groups -OCH3 is 1. The Morgan fingerprint density at radius 3 is 2.35 bits per heavy atom. The van der Waals surface area contributed by atoms with Gasteiger partial charge in [-0.3, -0.25) is 19.7 Å². The minimum absolute atomic E-state index is 0.0278. The number of amides is 2. The number of aromatic nitrogens is 1. The summed E-state index contributed by atoms with van der Waals surface area (Å²) in [7, 11) is -2.80. The molecule has 0 saturated heterocycles. The van der Waals surface area contributed by atoms with Gasteiger partial charge in [0.1, 0.15) is 17.0 Å². The normalized spacial score (nSPS) is 11.1. The van der Waals surface area contributed by atoms with Crippen LogP contribution in [0.5, 0.6) is 5.75 Å². The van der Waals surface area contributed by atoms with E-state index in [2.05, 4.69) is 15.6 Å². The fourth-order valence-corrected chi connectivity index (χ4v) is 4.58. The first-order valence-corrected chi connectivity index (χ1v) is 12.2. The minimum atomic E-state index is -4.23. The number of hydrogen-bond acceptors (Lipinski definition) is 8. The lowest BCUT2D eigenvalue weighted by Gasteiger charge is -2.10. The molecule has 0 atom stereocenters. The molecule has 3 aromatic carbocycles. The molecule has 0 aliphatic heterocycles. The van der Waals surface area contributed by atoms with Crippen LogP contribution < -0.4 is 20.1 Å². The summed E-state index contributed by atoms with van der Waals surface area (Å²) in [5.74, 6) is -0.809. The van der Waals surface area contributed by atoms with Crippen molar-refractivity contribution in [1.29, 1.82) is 0 Å². The van der Waals surface area contributed by atoms with Gasteiger partial charge in [0.25, 0.3) is 21.6 Å². The summed E-state index contributed by atoms with van der Waals surface area (Å²) < 4.78 is 32.3. The molecule has 1 aromatic heterocycles. The highest BCUT2D eigenvalue weighted by Gasteiger charge is 2.23. The Labute approximate surface area is 210 Å². The van der Waals surface area contributed by atoms with Crippen molar-refractivity contribution in [3.8, 4) is 5.75 Å². The van der Waals surface area contributed by atoms with Gasteiger partial charge in [-0.1, -0.05) is 6.07 Å². The maximum Gasteiger partial charge on any atom is 0.293 e. The van der Waals surface area contributed by atoms with Crippen molar-refractivity contribution in [2.24, 2.45) is 0 Å². The zero-order valence-corrected chi connectivity index (χ0v) is 20.4. The SMILES string of the molecule is COc1ccc(S(=O)(=O)NC(=O)c2cc3c(Nc4cccc(NC(C)=O)c4)ccc([N+](=O)[O-])c3[nH]2)cc1. The molecule has 4 N–H and O–H groups in total. The smallest absolute Gasteiger partial charge is 0.293 e. The Bertz CT molecular complexity index is 1630. The Balaban J connectivity index is 1.68. The number of ether oxygens (including phenoxy) is 1. The van der Waals surface area contributed by atoms with Crippen molar-refractivity contribution in [1.82, 2.24) is 9.71 Å². The Kier molecular flexibility index (Phi) is 6.80. The van der Waals surface area contributed by atoms with Crippen molar-refractivity contribution in [2.75, 3.05) is 17.7 Å². The number of aromatic amines is 1. The molecule has 4 aromatic rings. The average Bonchev–Trinajstić information content (AvgIpc) is 3.30. The van der Waals surface area contributed by atoms with Gasteiger partial charge in [-0.25, -0.2) is 13.1 Å². The number of benzene rings is 3. The number of nitrogens with zero attached hydrogens (tertiary/aromatic N) is 1. The fraction of sp³-hybridized carbons (Fsp3) is 0.0833. The zero-order chi connectivity index (χ0) is 26.7. The maximum atomic E-state index is 12.8. The van der Waals surface area contributed by atoms with Gasteiger partial charge >= 0.3 is 0 Å². The summed E-state index contributed by atoms with van der Waals surface area (Å²) in [6.07, 6.45) is 0. The lowest BCUT2D eigenvalue weighted by atomic mass is 10.1. The lowest BCUT2D eigenvalue weighted by molar-refractivity contribution is -0.383. The van der Waals surface area contributed by atoms with E-state index in [-0.39, 0.29) is 33.1 Å². The van der Waals surface area contributed by atoms with Crippen LogP contribution in [0.1, 0.15) is 17.4 Å². The van der Waals surface area contributed by atoms with Crippen molar-refractivity contribution in [3.63, 3.8) is 0 Å². The van der Waals surface area contributed by atoms with Crippen LogP contribution in [0.15, 0.2) is 71.6 Å². The number of anilines is 3. The number of fused-ring (bicyclic) bond motifs is 1. The third-order valence-electron chi connectivity index (χ3n) is 5.27. The van der Waals surface area contributed by atoms with Gasteiger partial charge in [0.05, 0.1) is 16.9 Å². The highest BCUT2D eigenvalue weighted by atomic mass is 32.2. The van der Waals surface area contributed by atoms with Gasteiger partial charge in [-0.2, -0.15) is 0 Å². The summed E-state index contributed by atoms with van der Waals surface area (Å²) in [4.78, 5) is 37.7. The molecule has 37 heavy (non-hydrogen) atoms. The molecule has 0 spiro atoms. The van der Waals surface area contributed by atoms with Gasteiger partial charge in [0, 0.05) is 35.4 Å². The number of carbonyl (C=O) groups is 2. The lowest BCUT2D eigenvalue weighted by Crippen LogP contribution is -2.30. The molecule has 0 aliphatic carbocycles. The minimum Gasteiger partial charge on any atom is -0.497 e. The molecule has 1 heterocycles. The molecule has 2 amide bonds. The third kappa shape index (κ3) is 5.51. The van der Waals surface area contributed by atoms with E-state index in [0.29, 0.717) is 22.8 Å². The van der Waals surface area contributed by atoms with E-state index < -0.39 is 20.9 Å². The maximum absolute atomic E-state index is 12.8. The Hall–Kier alpha value is -4.91. The standard InChI is InChI=1S/C24H21N5O7S/c1-14(30)25-15-4-3-5-16(12-15)26-20-10-11-22(29(32)33)23-19(20)13-21(27-23)24(31)28-37(34,35)18-8-6-17(36-2)7-9-18/h3-13,26-27H,1-2H3,(H,25,30)(H,28,31). The van der Waals surface area contributed by atoms with Crippen LogP contribution in [0, 0.1) is 10.1 Å². The van der Waals surface area contributed by atoms with Crippen LogP contribution in [0.4, 0.5) is 22.7 Å². The summed E-state index contributed by atoms with van der Waals surface area (Å²) in [6.45, 7) is 1.38. The third-order valence-corrected chi connectivity index (χ3v) is 6.62. The van der Waals surface area contributed by atoms with Gasteiger partial charge in [-0.15, -0.1) is 0 Å². The molecule has 0 unspecified atom stereocenters. The number of hydrogen-bond donors (Lipinski definition) is 4. The molecule has 0 saturated carbocycles. The number of H-pyrrole nitrogens is 1. The number of nitrogens with one attached hydrogen (secondary N) is 4. The first-order chi connectivity index (χ1) is 17.6. The van der Waals surface area contributed by atoms with Crippen LogP contribution in [0.25, 0.3) is 10.9 Å². The summed E-state index contributed by atoms with van der Waals surface area (Å²) in [6, 6.07) is 16.3. The van der Waals surface area contributed by atoms with Crippen LogP contribution >= 0.6 is 0 Å². The van der Waals surface area contributed by atoms with Crippen LogP contribution in [0.2, 0.25) is 0 Å². The van der Waals surface area contributed by atoms with Crippen molar-refractivity contribution >= 4 is 55.5 Å². The number of sulfonamides is 1. The van der Waals surface area contributed by atoms with E-state index in [1.807, 2.05) is 4.72 Å². The topological polar surface area (TPSA) is 173 Å². The molecule has 190 valence electrons. The largest absolute Gasteiger partial charge is 0.497 e. The molecule has 12 nitrogen and oxygen atoms in total. The van der Waals surface area contributed by atoms with Crippen LogP contribution in [-0.2, 0) is 14.8 Å². The second-order valence-corrected chi connectivity index (χ2v) is 9.54. The summed E-state index contributed by atoms with van der Waals surface area (Å²) >= 11 is 0. The summed E-state index contributed by atoms with van der Waals surface area (Å²) in [5.41, 5.74) is 1.04. The number of nitro benzene ring substituents is 1. The van der Waals surface area contributed by atoms with Gasteiger partial charge in [-0.05, 0) is 54.6 Å². The predicted molar refractivity (Wildman–Crippen MR) is 137 cm³/mol.